The molecule has 1 saturated carbocycles. The van der Waals surface area contributed by atoms with Gasteiger partial charge in [0.15, 0.2) is 0 Å². The van der Waals surface area contributed by atoms with E-state index in [2.05, 4.69) is 40.6 Å². The van der Waals surface area contributed by atoms with Crippen molar-refractivity contribution in [3.8, 4) is 16.9 Å². The zero-order valence-corrected chi connectivity index (χ0v) is 17.6. The topological polar surface area (TPSA) is 54.1 Å². The van der Waals surface area contributed by atoms with E-state index in [0.717, 1.165) is 36.3 Å². The Bertz CT molecular complexity index is 956. The minimum Gasteiger partial charge on any atom is -0.493 e. The van der Waals surface area contributed by atoms with Crippen LogP contribution >= 0.6 is 0 Å². The van der Waals surface area contributed by atoms with Gasteiger partial charge in [0.25, 0.3) is 5.91 Å². The molecule has 1 aliphatic rings. The molecule has 0 atom stereocenters. The lowest BCUT2D eigenvalue weighted by Crippen LogP contribution is -2.31. The Morgan fingerprint density at radius 2 is 1.70 bits per heavy atom. The molecule has 156 valence electrons. The van der Waals surface area contributed by atoms with Crippen molar-refractivity contribution in [2.75, 3.05) is 13.2 Å². The van der Waals surface area contributed by atoms with Gasteiger partial charge < -0.3 is 15.0 Å². The third kappa shape index (κ3) is 4.59. The molecular weight excluding hydrogens is 372 g/mol. The van der Waals surface area contributed by atoms with Crippen LogP contribution in [0.2, 0.25) is 0 Å². The summed E-state index contributed by atoms with van der Waals surface area (Å²) >= 11 is 0. The fraction of sp³-hybridized carbons (Fsp3) is 0.346. The number of hydrogen-bond donors (Lipinski definition) is 2. The van der Waals surface area contributed by atoms with Crippen molar-refractivity contribution in [2.24, 2.45) is 5.92 Å². The summed E-state index contributed by atoms with van der Waals surface area (Å²) in [6.07, 6.45) is 8.36. The molecule has 4 rings (SSSR count). The molecule has 3 aromatic rings. The number of para-hydroxylation sites is 1. The van der Waals surface area contributed by atoms with E-state index in [1.54, 1.807) is 6.20 Å². The standard InChI is InChI=1S/C26H30N2O2/c1-2-30-25-11-7-6-10-22(25)23-17-27-18-24(23)26(29)28-16-19-12-14-21(15-13-19)20-8-4-3-5-9-20/h3-11,17-19,21,27H,2,12-16H2,1H3,(H,28,29). The molecular formula is C26H30N2O2. The van der Waals surface area contributed by atoms with E-state index in [9.17, 15) is 4.79 Å². The van der Waals surface area contributed by atoms with Gasteiger partial charge in [-0.2, -0.15) is 0 Å². The summed E-state index contributed by atoms with van der Waals surface area (Å²) in [5, 5.41) is 3.17. The first-order chi connectivity index (χ1) is 14.8. The Kier molecular flexibility index (Phi) is 6.53. The van der Waals surface area contributed by atoms with Crippen LogP contribution in [0.5, 0.6) is 5.75 Å². The summed E-state index contributed by atoms with van der Waals surface area (Å²) in [7, 11) is 0. The maximum atomic E-state index is 12.9. The lowest BCUT2D eigenvalue weighted by molar-refractivity contribution is 0.0943. The van der Waals surface area contributed by atoms with Crippen LogP contribution < -0.4 is 10.1 Å². The minimum atomic E-state index is -0.0252. The lowest BCUT2D eigenvalue weighted by atomic mass is 9.78. The van der Waals surface area contributed by atoms with E-state index in [4.69, 9.17) is 4.74 Å². The number of aromatic amines is 1. The van der Waals surface area contributed by atoms with Gasteiger partial charge in [0.2, 0.25) is 0 Å². The molecule has 1 amide bonds. The number of amides is 1. The Hall–Kier alpha value is -3.01. The number of carbonyl (C=O) groups excluding carboxylic acids is 1. The van der Waals surface area contributed by atoms with Crippen LogP contribution in [0, 0.1) is 5.92 Å². The van der Waals surface area contributed by atoms with E-state index >= 15 is 0 Å². The average Bonchev–Trinajstić information content (AvgIpc) is 3.29. The highest BCUT2D eigenvalue weighted by atomic mass is 16.5. The molecule has 4 nitrogen and oxygen atoms in total. The zero-order chi connectivity index (χ0) is 20.8. The van der Waals surface area contributed by atoms with Gasteiger partial charge >= 0.3 is 0 Å². The monoisotopic (exact) mass is 402 g/mol. The van der Waals surface area contributed by atoms with Crippen LogP contribution in [-0.2, 0) is 0 Å². The second kappa shape index (κ2) is 9.66. The molecule has 1 aromatic heterocycles. The number of aromatic nitrogens is 1. The predicted octanol–water partition coefficient (Wildman–Crippen LogP) is 5.78. The van der Waals surface area contributed by atoms with Crippen molar-refractivity contribution in [2.45, 2.75) is 38.5 Å². The second-order valence-electron chi connectivity index (χ2n) is 8.05. The zero-order valence-electron chi connectivity index (χ0n) is 17.6. The third-order valence-electron chi connectivity index (χ3n) is 6.14. The number of H-pyrrole nitrogens is 1. The van der Waals surface area contributed by atoms with Gasteiger partial charge in [0.1, 0.15) is 5.75 Å². The highest BCUT2D eigenvalue weighted by Crippen LogP contribution is 2.36. The summed E-state index contributed by atoms with van der Waals surface area (Å²) in [6.45, 7) is 3.29. The number of ether oxygens (including phenoxy) is 1. The van der Waals surface area contributed by atoms with Crippen LogP contribution in [0.15, 0.2) is 67.0 Å². The van der Waals surface area contributed by atoms with E-state index < -0.39 is 0 Å². The molecule has 1 aliphatic carbocycles. The smallest absolute Gasteiger partial charge is 0.253 e. The van der Waals surface area contributed by atoms with Gasteiger partial charge in [-0.05, 0) is 56.1 Å². The maximum absolute atomic E-state index is 12.9. The molecule has 30 heavy (non-hydrogen) atoms. The van der Waals surface area contributed by atoms with Crippen molar-refractivity contribution < 1.29 is 9.53 Å². The van der Waals surface area contributed by atoms with E-state index in [1.807, 2.05) is 37.4 Å². The van der Waals surface area contributed by atoms with Crippen molar-refractivity contribution in [1.82, 2.24) is 10.3 Å². The van der Waals surface area contributed by atoms with Crippen LogP contribution in [0.4, 0.5) is 0 Å². The largest absolute Gasteiger partial charge is 0.493 e. The first kappa shape index (κ1) is 20.3. The molecule has 0 unspecified atom stereocenters. The van der Waals surface area contributed by atoms with E-state index in [-0.39, 0.29) is 5.91 Å². The van der Waals surface area contributed by atoms with Gasteiger partial charge in [-0.3, -0.25) is 4.79 Å². The van der Waals surface area contributed by atoms with Crippen molar-refractivity contribution >= 4 is 5.91 Å². The average molecular weight is 403 g/mol. The van der Waals surface area contributed by atoms with Crippen LogP contribution in [-0.4, -0.2) is 24.0 Å². The highest BCUT2D eigenvalue weighted by Gasteiger charge is 2.23. The molecule has 2 N–H and O–H groups in total. The van der Waals surface area contributed by atoms with Crippen molar-refractivity contribution in [3.63, 3.8) is 0 Å². The van der Waals surface area contributed by atoms with Crippen molar-refractivity contribution in [1.29, 1.82) is 0 Å². The summed E-state index contributed by atoms with van der Waals surface area (Å²) < 4.78 is 5.75. The molecule has 1 fully saturated rings. The number of rotatable bonds is 7. The lowest BCUT2D eigenvalue weighted by Gasteiger charge is -2.29. The molecule has 2 aromatic carbocycles. The quantitative estimate of drug-likeness (QED) is 0.526. The second-order valence-corrected chi connectivity index (χ2v) is 8.05. The van der Waals surface area contributed by atoms with Gasteiger partial charge in [-0.15, -0.1) is 0 Å². The van der Waals surface area contributed by atoms with Gasteiger partial charge in [0, 0.05) is 30.1 Å². The number of benzene rings is 2. The van der Waals surface area contributed by atoms with Crippen LogP contribution in [0.25, 0.3) is 11.1 Å². The number of nitrogens with one attached hydrogen (secondary N) is 2. The Morgan fingerprint density at radius 1 is 0.967 bits per heavy atom. The maximum Gasteiger partial charge on any atom is 0.253 e. The minimum absolute atomic E-state index is 0.0252. The van der Waals surface area contributed by atoms with Crippen LogP contribution in [0.3, 0.4) is 0 Å². The predicted molar refractivity (Wildman–Crippen MR) is 121 cm³/mol. The van der Waals surface area contributed by atoms with E-state index in [1.165, 1.54) is 18.4 Å². The van der Waals surface area contributed by atoms with Gasteiger partial charge in [0.05, 0.1) is 12.2 Å². The first-order valence-corrected chi connectivity index (χ1v) is 11.0. The van der Waals surface area contributed by atoms with E-state index in [0.29, 0.717) is 24.0 Å². The van der Waals surface area contributed by atoms with Crippen LogP contribution in [0.1, 0.15) is 54.4 Å². The highest BCUT2D eigenvalue weighted by molar-refractivity contribution is 6.01. The molecule has 1 heterocycles. The van der Waals surface area contributed by atoms with Crippen molar-refractivity contribution in [3.05, 3.63) is 78.1 Å². The Morgan fingerprint density at radius 3 is 2.47 bits per heavy atom. The molecule has 0 radical (unpaired) electrons. The Labute approximate surface area is 178 Å². The van der Waals surface area contributed by atoms with Gasteiger partial charge in [-0.25, -0.2) is 0 Å². The molecule has 0 spiro atoms. The summed E-state index contributed by atoms with van der Waals surface area (Å²) in [4.78, 5) is 16.0. The Balaban J connectivity index is 1.36. The number of carbonyl (C=O) groups is 1. The normalized spacial score (nSPS) is 18.7. The summed E-state index contributed by atoms with van der Waals surface area (Å²) in [5.41, 5.74) is 3.93. The SMILES string of the molecule is CCOc1ccccc1-c1c[nH]cc1C(=O)NCC1CCC(c2ccccc2)CC1. The molecule has 0 aliphatic heterocycles. The molecule has 4 heteroatoms. The first-order valence-electron chi connectivity index (χ1n) is 11.0. The summed E-state index contributed by atoms with van der Waals surface area (Å²) in [5.74, 6) is 1.98. The molecule has 0 bridgehead atoms. The fourth-order valence-electron chi connectivity index (χ4n) is 4.50. The summed E-state index contributed by atoms with van der Waals surface area (Å²) in [6, 6.07) is 18.7. The molecule has 0 saturated heterocycles. The third-order valence-corrected chi connectivity index (χ3v) is 6.14. The number of hydrogen-bond acceptors (Lipinski definition) is 2. The fourth-order valence-corrected chi connectivity index (χ4v) is 4.50. The van der Waals surface area contributed by atoms with Gasteiger partial charge in [-0.1, -0.05) is 48.5 Å².